The van der Waals surface area contributed by atoms with Gasteiger partial charge in [-0.2, -0.15) is 10.1 Å². The van der Waals surface area contributed by atoms with Crippen LogP contribution in [0, 0.1) is 11.7 Å². The molecule has 16 heavy (non-hydrogen) atoms. The van der Waals surface area contributed by atoms with Crippen molar-refractivity contribution in [3.63, 3.8) is 0 Å². The van der Waals surface area contributed by atoms with Gasteiger partial charge in [0.2, 0.25) is 11.2 Å². The number of anilines is 1. The first-order valence-electron chi connectivity index (χ1n) is 5.08. The lowest BCUT2D eigenvalue weighted by Crippen LogP contribution is -2.46. The van der Waals surface area contributed by atoms with E-state index >= 15 is 0 Å². The van der Waals surface area contributed by atoms with Crippen LogP contribution >= 0.6 is 12.2 Å². The Balaban J connectivity index is 2.16. The van der Waals surface area contributed by atoms with Gasteiger partial charge in [0.15, 0.2) is 5.82 Å². The summed E-state index contributed by atoms with van der Waals surface area (Å²) in [5.74, 6) is 0.814. The minimum absolute atomic E-state index is 0.387. The van der Waals surface area contributed by atoms with E-state index in [1.54, 1.807) is 4.90 Å². The standard InChI is InChI=1S/C9H13N5OS/c1-7-8(10-9(16)12-11-7)14-4-2-13(6-15)3-5-14/h6H,2-5H2,1H3,(H,10,12,16). The summed E-state index contributed by atoms with van der Waals surface area (Å²) in [6.45, 7) is 4.87. The Morgan fingerprint density at radius 3 is 2.69 bits per heavy atom. The summed E-state index contributed by atoms with van der Waals surface area (Å²) in [4.78, 5) is 18.7. The molecule has 0 aromatic carbocycles. The van der Waals surface area contributed by atoms with Gasteiger partial charge in [-0.15, -0.1) is 0 Å². The van der Waals surface area contributed by atoms with Crippen molar-refractivity contribution in [2.75, 3.05) is 31.1 Å². The molecule has 1 aromatic rings. The molecule has 7 heteroatoms. The first-order valence-corrected chi connectivity index (χ1v) is 5.49. The minimum Gasteiger partial charge on any atom is -0.351 e. The van der Waals surface area contributed by atoms with E-state index in [-0.39, 0.29) is 0 Å². The second kappa shape index (κ2) is 4.56. The molecule has 2 heterocycles. The second-order valence-corrected chi connectivity index (χ2v) is 4.06. The van der Waals surface area contributed by atoms with Crippen molar-refractivity contribution in [1.29, 1.82) is 0 Å². The fraction of sp³-hybridized carbons (Fsp3) is 0.556. The molecular weight excluding hydrogens is 226 g/mol. The number of rotatable bonds is 2. The molecule has 0 saturated carbocycles. The van der Waals surface area contributed by atoms with Crippen LogP contribution in [-0.2, 0) is 4.79 Å². The van der Waals surface area contributed by atoms with E-state index in [1.165, 1.54) is 0 Å². The van der Waals surface area contributed by atoms with Crippen LogP contribution in [0.15, 0.2) is 0 Å². The molecule has 86 valence electrons. The fourth-order valence-corrected chi connectivity index (χ4v) is 1.85. The van der Waals surface area contributed by atoms with E-state index in [0.717, 1.165) is 44.1 Å². The van der Waals surface area contributed by atoms with Crippen LogP contribution in [0.2, 0.25) is 0 Å². The number of hydrogen-bond donors (Lipinski definition) is 1. The van der Waals surface area contributed by atoms with Gasteiger partial charge in [0.1, 0.15) is 5.69 Å². The number of carbonyl (C=O) groups excluding carboxylic acids is 1. The van der Waals surface area contributed by atoms with Crippen molar-refractivity contribution in [3.05, 3.63) is 10.5 Å². The average molecular weight is 239 g/mol. The summed E-state index contributed by atoms with van der Waals surface area (Å²) in [6, 6.07) is 0. The molecule has 1 fully saturated rings. The maximum absolute atomic E-state index is 10.6. The third-order valence-electron chi connectivity index (χ3n) is 2.61. The molecule has 0 radical (unpaired) electrons. The number of hydrogen-bond acceptors (Lipinski definition) is 5. The summed E-state index contributed by atoms with van der Waals surface area (Å²) < 4.78 is 0.387. The minimum atomic E-state index is 0.387. The topological polar surface area (TPSA) is 65.1 Å². The van der Waals surface area contributed by atoms with Crippen LogP contribution in [0.4, 0.5) is 5.82 Å². The van der Waals surface area contributed by atoms with Gasteiger partial charge in [-0.25, -0.2) is 0 Å². The van der Waals surface area contributed by atoms with Crippen molar-refractivity contribution in [1.82, 2.24) is 20.1 Å². The molecule has 0 atom stereocenters. The second-order valence-electron chi connectivity index (χ2n) is 3.68. The van der Waals surface area contributed by atoms with Crippen molar-refractivity contribution >= 4 is 24.4 Å². The first kappa shape index (κ1) is 11.0. The number of aryl methyl sites for hydroxylation is 1. The van der Waals surface area contributed by atoms with Crippen LogP contribution in [0.25, 0.3) is 0 Å². The van der Waals surface area contributed by atoms with Gasteiger partial charge in [-0.3, -0.25) is 9.89 Å². The van der Waals surface area contributed by atoms with Crippen LogP contribution < -0.4 is 4.90 Å². The molecule has 1 saturated heterocycles. The molecule has 2 rings (SSSR count). The number of nitrogens with zero attached hydrogens (tertiary/aromatic N) is 4. The number of amides is 1. The molecule has 1 amide bonds. The summed E-state index contributed by atoms with van der Waals surface area (Å²) in [5.41, 5.74) is 0.827. The lowest BCUT2D eigenvalue weighted by atomic mass is 10.3. The number of piperazine rings is 1. The van der Waals surface area contributed by atoms with Gasteiger partial charge in [0.05, 0.1) is 0 Å². The lowest BCUT2D eigenvalue weighted by molar-refractivity contribution is -0.118. The fourth-order valence-electron chi connectivity index (χ4n) is 1.72. The zero-order valence-electron chi connectivity index (χ0n) is 9.01. The molecule has 1 aliphatic heterocycles. The third kappa shape index (κ3) is 2.19. The Morgan fingerprint density at radius 1 is 1.38 bits per heavy atom. The zero-order chi connectivity index (χ0) is 11.5. The van der Waals surface area contributed by atoms with Crippen LogP contribution in [0.5, 0.6) is 0 Å². The molecule has 1 N–H and O–H groups in total. The smallest absolute Gasteiger partial charge is 0.215 e. The molecule has 0 unspecified atom stereocenters. The highest BCUT2D eigenvalue weighted by atomic mass is 32.1. The van der Waals surface area contributed by atoms with Gasteiger partial charge in [-0.1, -0.05) is 0 Å². The molecular formula is C9H13N5OS. The Morgan fingerprint density at radius 2 is 2.06 bits per heavy atom. The van der Waals surface area contributed by atoms with E-state index in [1.807, 2.05) is 6.92 Å². The van der Waals surface area contributed by atoms with Gasteiger partial charge < -0.3 is 9.80 Å². The normalized spacial score (nSPS) is 16.3. The average Bonchev–Trinajstić information content (AvgIpc) is 2.32. The van der Waals surface area contributed by atoms with E-state index in [9.17, 15) is 4.79 Å². The maximum atomic E-state index is 10.6. The summed E-state index contributed by atoms with van der Waals surface area (Å²) in [6.07, 6.45) is 0.882. The van der Waals surface area contributed by atoms with Crippen molar-refractivity contribution in [2.45, 2.75) is 6.92 Å². The Hall–Kier alpha value is -1.50. The molecule has 1 aliphatic rings. The molecule has 0 bridgehead atoms. The number of H-pyrrole nitrogens is 1. The highest BCUT2D eigenvalue weighted by molar-refractivity contribution is 7.71. The Labute approximate surface area is 98.3 Å². The van der Waals surface area contributed by atoms with Crippen LogP contribution in [0.3, 0.4) is 0 Å². The van der Waals surface area contributed by atoms with Crippen molar-refractivity contribution < 1.29 is 4.79 Å². The summed E-state index contributed by atoms with van der Waals surface area (Å²) in [7, 11) is 0. The zero-order valence-corrected chi connectivity index (χ0v) is 9.83. The molecule has 1 aromatic heterocycles. The molecule has 6 nitrogen and oxygen atoms in total. The summed E-state index contributed by atoms with van der Waals surface area (Å²) >= 11 is 4.95. The quantitative estimate of drug-likeness (QED) is 0.586. The monoisotopic (exact) mass is 239 g/mol. The highest BCUT2D eigenvalue weighted by Crippen LogP contribution is 2.15. The van der Waals surface area contributed by atoms with Crippen LogP contribution in [-0.4, -0.2) is 52.7 Å². The Kier molecular flexibility index (Phi) is 3.14. The van der Waals surface area contributed by atoms with Gasteiger partial charge in [0, 0.05) is 26.2 Å². The largest absolute Gasteiger partial charge is 0.351 e. The number of aromatic nitrogens is 3. The predicted octanol–water partition coefficient (Wildman–Crippen LogP) is 0.121. The molecule has 0 spiro atoms. The number of aromatic amines is 1. The van der Waals surface area contributed by atoms with Gasteiger partial charge in [-0.05, 0) is 19.1 Å². The highest BCUT2D eigenvalue weighted by Gasteiger charge is 2.18. The van der Waals surface area contributed by atoms with Crippen LogP contribution in [0.1, 0.15) is 5.69 Å². The maximum Gasteiger partial charge on any atom is 0.215 e. The van der Waals surface area contributed by atoms with E-state index in [2.05, 4.69) is 20.1 Å². The first-order chi connectivity index (χ1) is 7.70. The van der Waals surface area contributed by atoms with Gasteiger partial charge >= 0.3 is 0 Å². The SMILES string of the molecule is Cc1n[nH]c(=S)nc1N1CCN(C=O)CC1. The number of carbonyl (C=O) groups is 1. The van der Waals surface area contributed by atoms with E-state index < -0.39 is 0 Å². The predicted molar refractivity (Wildman–Crippen MR) is 61.8 cm³/mol. The van der Waals surface area contributed by atoms with E-state index in [0.29, 0.717) is 4.77 Å². The van der Waals surface area contributed by atoms with Crippen molar-refractivity contribution in [3.8, 4) is 0 Å². The van der Waals surface area contributed by atoms with E-state index in [4.69, 9.17) is 12.2 Å². The Bertz CT molecular complexity index is 438. The number of nitrogens with one attached hydrogen (secondary N) is 1. The van der Waals surface area contributed by atoms with Gasteiger partial charge in [0.25, 0.3) is 0 Å². The molecule has 0 aliphatic carbocycles. The third-order valence-corrected chi connectivity index (χ3v) is 2.80. The summed E-state index contributed by atoms with van der Waals surface area (Å²) in [5, 5.41) is 6.74. The lowest BCUT2D eigenvalue weighted by Gasteiger charge is -2.33. The van der Waals surface area contributed by atoms with Crippen molar-refractivity contribution in [2.24, 2.45) is 0 Å².